The van der Waals surface area contributed by atoms with E-state index in [1.54, 1.807) is 6.20 Å². The van der Waals surface area contributed by atoms with Crippen LogP contribution in [0.25, 0.3) is 0 Å². The van der Waals surface area contributed by atoms with Gasteiger partial charge in [0.15, 0.2) is 0 Å². The molecule has 0 saturated heterocycles. The van der Waals surface area contributed by atoms with Gasteiger partial charge in [-0.15, -0.1) is 0 Å². The Morgan fingerprint density at radius 3 is 2.82 bits per heavy atom. The lowest BCUT2D eigenvalue weighted by molar-refractivity contribution is 0.340. The second-order valence-corrected chi connectivity index (χ2v) is 7.23. The van der Waals surface area contributed by atoms with Crippen LogP contribution in [0, 0.1) is 0 Å². The quantitative estimate of drug-likeness (QED) is 0.602. The molecule has 3 aromatic rings. The van der Waals surface area contributed by atoms with E-state index in [9.17, 15) is 0 Å². The maximum absolute atomic E-state index is 5.65. The molecule has 0 bridgehead atoms. The Kier molecular flexibility index (Phi) is 5.47. The maximum atomic E-state index is 5.65. The Hall–Kier alpha value is -3.01. The highest BCUT2D eigenvalue weighted by molar-refractivity contribution is 5.65. The van der Waals surface area contributed by atoms with Crippen molar-refractivity contribution in [1.29, 1.82) is 0 Å². The summed E-state index contributed by atoms with van der Waals surface area (Å²) in [5.41, 5.74) is 6.37. The first-order valence-corrected chi connectivity index (χ1v) is 9.98. The fraction of sp³-hybridized carbons (Fsp3) is 0.292. The summed E-state index contributed by atoms with van der Waals surface area (Å²) in [4.78, 5) is 6.40. The predicted molar refractivity (Wildman–Crippen MR) is 116 cm³/mol. The summed E-state index contributed by atoms with van der Waals surface area (Å²) in [6, 6.07) is 19.2. The largest absolute Gasteiger partial charge is 0.494 e. The van der Waals surface area contributed by atoms with Gasteiger partial charge in [-0.25, -0.2) is 0 Å². The summed E-state index contributed by atoms with van der Waals surface area (Å²) in [6.07, 6.45) is 6.01. The summed E-state index contributed by atoms with van der Waals surface area (Å²) in [5, 5.41) is 3.52. The number of aromatic nitrogens is 1. The average Bonchev–Trinajstić information content (AvgIpc) is 3.15. The zero-order valence-electron chi connectivity index (χ0n) is 16.6. The molecular formula is C24H27N3O. The predicted octanol–water partition coefficient (Wildman–Crippen LogP) is 5.39. The Labute approximate surface area is 167 Å². The van der Waals surface area contributed by atoms with Crippen LogP contribution in [0.2, 0.25) is 0 Å². The lowest BCUT2D eigenvalue weighted by Crippen LogP contribution is -2.11. The number of rotatable bonds is 7. The number of ether oxygens (including phenoxy) is 1. The number of aryl methyl sites for hydroxylation is 1. The van der Waals surface area contributed by atoms with Gasteiger partial charge in [0, 0.05) is 49.3 Å². The van der Waals surface area contributed by atoms with Gasteiger partial charge in [0.2, 0.25) is 0 Å². The summed E-state index contributed by atoms with van der Waals surface area (Å²) < 4.78 is 5.65. The highest BCUT2D eigenvalue weighted by Gasteiger charge is 2.23. The van der Waals surface area contributed by atoms with Gasteiger partial charge in [0.25, 0.3) is 0 Å². The van der Waals surface area contributed by atoms with Crippen LogP contribution in [0.5, 0.6) is 5.75 Å². The van der Waals surface area contributed by atoms with E-state index in [1.807, 2.05) is 31.3 Å². The Bertz CT molecular complexity index is 926. The molecule has 0 amide bonds. The molecule has 28 heavy (non-hydrogen) atoms. The number of nitrogens with one attached hydrogen (secondary N) is 1. The van der Waals surface area contributed by atoms with Crippen LogP contribution >= 0.6 is 0 Å². The number of pyridine rings is 1. The fourth-order valence-corrected chi connectivity index (χ4v) is 3.92. The van der Waals surface area contributed by atoms with E-state index >= 15 is 0 Å². The number of benzene rings is 2. The van der Waals surface area contributed by atoms with Crippen molar-refractivity contribution < 1.29 is 4.74 Å². The van der Waals surface area contributed by atoms with E-state index in [2.05, 4.69) is 58.6 Å². The summed E-state index contributed by atoms with van der Waals surface area (Å²) in [5.74, 6) is 1.46. The van der Waals surface area contributed by atoms with Crippen molar-refractivity contribution in [2.45, 2.75) is 25.7 Å². The standard InChI is InChI=1S/C24H27N3O/c1-3-28-23-8-4-7-21(15-23)27(2)22-11-12-24-18(14-22)9-10-19(24)16-26-20-6-5-13-25-17-20/h4-8,11-15,17,19,26H,3,9-10,16H2,1-2H3/t19-/m0/s1. The molecule has 4 heteroatoms. The van der Waals surface area contributed by atoms with Crippen LogP contribution < -0.4 is 15.0 Å². The number of fused-ring (bicyclic) bond motifs is 1. The first-order valence-electron chi connectivity index (χ1n) is 9.98. The normalized spacial score (nSPS) is 15.1. The maximum Gasteiger partial charge on any atom is 0.121 e. The highest BCUT2D eigenvalue weighted by atomic mass is 16.5. The third kappa shape index (κ3) is 3.96. The van der Waals surface area contributed by atoms with Crippen LogP contribution in [-0.4, -0.2) is 25.2 Å². The minimum Gasteiger partial charge on any atom is -0.494 e. The Morgan fingerprint density at radius 2 is 2.00 bits per heavy atom. The molecule has 0 unspecified atom stereocenters. The topological polar surface area (TPSA) is 37.4 Å². The van der Waals surface area contributed by atoms with Crippen molar-refractivity contribution in [3.05, 3.63) is 78.1 Å². The molecule has 0 spiro atoms. The van der Waals surface area contributed by atoms with E-state index in [4.69, 9.17) is 4.74 Å². The first-order chi connectivity index (χ1) is 13.7. The molecule has 0 fully saturated rings. The third-order valence-electron chi connectivity index (χ3n) is 5.45. The summed E-state index contributed by atoms with van der Waals surface area (Å²) in [6.45, 7) is 3.64. The lowest BCUT2D eigenvalue weighted by atomic mass is 10.0. The SMILES string of the molecule is CCOc1cccc(N(C)c2ccc3c(c2)CC[C@H]3CNc2cccnc2)c1. The van der Waals surface area contributed by atoms with Crippen molar-refractivity contribution in [2.75, 3.05) is 30.4 Å². The van der Waals surface area contributed by atoms with Crippen molar-refractivity contribution in [2.24, 2.45) is 0 Å². The minimum absolute atomic E-state index is 0.552. The highest BCUT2D eigenvalue weighted by Crippen LogP contribution is 2.37. The molecule has 4 rings (SSSR count). The smallest absolute Gasteiger partial charge is 0.121 e. The molecular weight excluding hydrogens is 346 g/mol. The van der Waals surface area contributed by atoms with Crippen LogP contribution in [0.15, 0.2) is 67.0 Å². The molecule has 1 aliphatic rings. The van der Waals surface area contributed by atoms with Gasteiger partial charge in [0.1, 0.15) is 5.75 Å². The van der Waals surface area contributed by atoms with E-state index in [0.29, 0.717) is 12.5 Å². The first kappa shape index (κ1) is 18.4. The molecule has 144 valence electrons. The van der Waals surface area contributed by atoms with Crippen molar-refractivity contribution in [3.8, 4) is 5.75 Å². The van der Waals surface area contributed by atoms with Gasteiger partial charge in [-0.3, -0.25) is 4.98 Å². The van der Waals surface area contributed by atoms with Gasteiger partial charge < -0.3 is 15.0 Å². The lowest BCUT2D eigenvalue weighted by Gasteiger charge is -2.22. The second-order valence-electron chi connectivity index (χ2n) is 7.23. The number of nitrogens with zero attached hydrogens (tertiary/aromatic N) is 2. The van der Waals surface area contributed by atoms with E-state index in [0.717, 1.165) is 30.1 Å². The van der Waals surface area contributed by atoms with Gasteiger partial charge in [-0.2, -0.15) is 0 Å². The van der Waals surface area contributed by atoms with Crippen LogP contribution in [-0.2, 0) is 6.42 Å². The zero-order valence-corrected chi connectivity index (χ0v) is 16.6. The third-order valence-corrected chi connectivity index (χ3v) is 5.45. The monoisotopic (exact) mass is 373 g/mol. The number of hydrogen-bond donors (Lipinski definition) is 1. The molecule has 2 aromatic carbocycles. The number of anilines is 3. The molecule has 1 heterocycles. The molecule has 1 N–H and O–H groups in total. The fourth-order valence-electron chi connectivity index (χ4n) is 3.92. The van der Waals surface area contributed by atoms with Gasteiger partial charge >= 0.3 is 0 Å². The molecule has 1 aromatic heterocycles. The molecule has 1 atom stereocenters. The second kappa shape index (κ2) is 8.34. The Morgan fingerprint density at radius 1 is 1.11 bits per heavy atom. The Balaban J connectivity index is 1.48. The van der Waals surface area contributed by atoms with Gasteiger partial charge in [-0.1, -0.05) is 12.1 Å². The minimum atomic E-state index is 0.552. The van der Waals surface area contributed by atoms with E-state index < -0.39 is 0 Å². The van der Waals surface area contributed by atoms with Crippen LogP contribution in [0.4, 0.5) is 17.1 Å². The van der Waals surface area contributed by atoms with Crippen molar-refractivity contribution in [1.82, 2.24) is 4.98 Å². The van der Waals surface area contributed by atoms with Crippen LogP contribution in [0.1, 0.15) is 30.4 Å². The molecule has 0 aliphatic heterocycles. The molecule has 0 saturated carbocycles. The average molecular weight is 374 g/mol. The van der Waals surface area contributed by atoms with E-state index in [-0.39, 0.29) is 0 Å². The van der Waals surface area contributed by atoms with Crippen LogP contribution in [0.3, 0.4) is 0 Å². The number of hydrogen-bond acceptors (Lipinski definition) is 4. The molecule has 4 nitrogen and oxygen atoms in total. The van der Waals surface area contributed by atoms with Crippen molar-refractivity contribution in [3.63, 3.8) is 0 Å². The molecule has 0 radical (unpaired) electrons. The van der Waals surface area contributed by atoms with E-state index in [1.165, 1.54) is 23.2 Å². The van der Waals surface area contributed by atoms with Crippen molar-refractivity contribution >= 4 is 17.1 Å². The summed E-state index contributed by atoms with van der Waals surface area (Å²) in [7, 11) is 2.11. The zero-order chi connectivity index (χ0) is 19.3. The molecule has 1 aliphatic carbocycles. The van der Waals surface area contributed by atoms with Gasteiger partial charge in [0.05, 0.1) is 12.3 Å². The van der Waals surface area contributed by atoms with Gasteiger partial charge in [-0.05, 0) is 67.3 Å². The summed E-state index contributed by atoms with van der Waals surface area (Å²) >= 11 is 0.